The third-order valence-corrected chi connectivity index (χ3v) is 0.813. The number of hydrogen-bond donors (Lipinski definition) is 1. The minimum absolute atomic E-state index is 0.242. The summed E-state index contributed by atoms with van der Waals surface area (Å²) >= 11 is 0. The van der Waals surface area contributed by atoms with Crippen molar-refractivity contribution >= 4 is 0 Å². The van der Waals surface area contributed by atoms with Crippen LogP contribution in [0.4, 0.5) is 0 Å². The van der Waals surface area contributed by atoms with Gasteiger partial charge < -0.3 is 0 Å². The summed E-state index contributed by atoms with van der Waals surface area (Å²) in [6.07, 6.45) is 0. The number of aromatic nitrogens is 2. The summed E-state index contributed by atoms with van der Waals surface area (Å²) in [7, 11) is 0. The van der Waals surface area contributed by atoms with Crippen LogP contribution in [-0.4, -0.2) is 10.2 Å². The summed E-state index contributed by atoms with van der Waals surface area (Å²) in [6.45, 7) is 0. The highest BCUT2D eigenvalue weighted by Crippen LogP contribution is 1.93. The molecule has 0 unspecified atom stereocenters. The fourth-order valence-corrected chi connectivity index (χ4v) is 0.436. The van der Waals surface area contributed by atoms with Gasteiger partial charge in [0.25, 0.3) is 0 Å². The number of rotatable bonds is 0. The highest BCUT2D eigenvalue weighted by atomic mass is 15.1. The summed E-state index contributed by atoms with van der Waals surface area (Å²) in [5.74, 6) is 0. The van der Waals surface area contributed by atoms with E-state index in [0.717, 1.165) is 0 Å². The zero-order chi connectivity index (χ0) is 6.69. The van der Waals surface area contributed by atoms with Crippen LogP contribution in [0.25, 0.3) is 0 Å². The number of H-pyrrole nitrogens is 1. The zero-order valence-electron chi connectivity index (χ0n) is 4.42. The number of aromatic amines is 1. The van der Waals surface area contributed by atoms with Crippen molar-refractivity contribution in [3.8, 4) is 12.1 Å². The molecule has 4 heteroatoms. The Morgan fingerprint density at radius 2 is 2.22 bits per heavy atom. The molecule has 0 saturated carbocycles. The summed E-state index contributed by atoms with van der Waals surface area (Å²) in [5, 5.41) is 22.3. The Balaban J connectivity index is 3.08. The highest BCUT2D eigenvalue weighted by Gasteiger charge is 1.94. The molecule has 9 heavy (non-hydrogen) atoms. The Bertz CT molecular complexity index is 256. The second-order valence-corrected chi connectivity index (χ2v) is 1.39. The van der Waals surface area contributed by atoms with E-state index in [9.17, 15) is 0 Å². The van der Waals surface area contributed by atoms with E-state index in [1.807, 2.05) is 6.07 Å². The predicted octanol–water partition coefficient (Wildman–Crippen LogP) is 0.153. The van der Waals surface area contributed by atoms with Gasteiger partial charge in [0.15, 0.2) is 5.69 Å². The van der Waals surface area contributed by atoms with E-state index in [-0.39, 0.29) is 5.69 Å². The molecule has 0 aliphatic heterocycles. The lowest BCUT2D eigenvalue weighted by atomic mass is 10.4. The fraction of sp³-hybridized carbons (Fsp3) is 0. The molecular formula is C5H2N4. The second kappa shape index (κ2) is 1.97. The molecule has 1 N–H and O–H groups in total. The Labute approximate surface area is 51.3 Å². The van der Waals surface area contributed by atoms with Gasteiger partial charge in [-0.15, -0.1) is 0 Å². The van der Waals surface area contributed by atoms with Crippen molar-refractivity contribution in [2.24, 2.45) is 0 Å². The molecule has 0 amide bonds. The molecule has 0 aliphatic carbocycles. The van der Waals surface area contributed by atoms with Crippen LogP contribution in [0.15, 0.2) is 6.07 Å². The van der Waals surface area contributed by atoms with Crippen molar-refractivity contribution in [2.45, 2.75) is 0 Å². The predicted molar refractivity (Wildman–Crippen MR) is 28.0 cm³/mol. The van der Waals surface area contributed by atoms with Crippen molar-refractivity contribution in [3.63, 3.8) is 0 Å². The fourth-order valence-electron chi connectivity index (χ4n) is 0.436. The van der Waals surface area contributed by atoms with Crippen molar-refractivity contribution in [3.05, 3.63) is 17.5 Å². The Morgan fingerprint density at radius 3 is 2.56 bits per heavy atom. The van der Waals surface area contributed by atoms with Gasteiger partial charge in [-0.2, -0.15) is 15.6 Å². The number of nitriles is 2. The first-order valence-electron chi connectivity index (χ1n) is 2.22. The zero-order valence-corrected chi connectivity index (χ0v) is 4.42. The summed E-state index contributed by atoms with van der Waals surface area (Å²) in [5.41, 5.74) is 0.554. The molecule has 0 aromatic carbocycles. The van der Waals surface area contributed by atoms with Gasteiger partial charge in [-0.25, -0.2) is 0 Å². The van der Waals surface area contributed by atoms with Crippen molar-refractivity contribution < 1.29 is 0 Å². The van der Waals surface area contributed by atoms with Crippen LogP contribution < -0.4 is 0 Å². The quantitative estimate of drug-likeness (QED) is 0.526. The molecule has 42 valence electrons. The van der Waals surface area contributed by atoms with Gasteiger partial charge in [-0.05, 0) is 0 Å². The van der Waals surface area contributed by atoms with Crippen LogP contribution in [0.5, 0.6) is 0 Å². The molecule has 0 aliphatic rings. The molecule has 0 atom stereocenters. The molecule has 0 radical (unpaired) electrons. The van der Waals surface area contributed by atoms with Crippen molar-refractivity contribution in [2.75, 3.05) is 0 Å². The van der Waals surface area contributed by atoms with Gasteiger partial charge >= 0.3 is 0 Å². The van der Waals surface area contributed by atoms with E-state index in [4.69, 9.17) is 10.5 Å². The number of nitrogens with zero attached hydrogens (tertiary/aromatic N) is 3. The lowest BCUT2D eigenvalue weighted by Crippen LogP contribution is -1.70. The van der Waals surface area contributed by atoms with Crippen LogP contribution in [0.2, 0.25) is 0 Å². The largest absolute Gasteiger partial charge is 0.267 e. The number of hydrogen-bond acceptors (Lipinski definition) is 3. The SMILES string of the molecule is N#Cc1cc(C#N)[nH]n1. The molecule has 1 aromatic heterocycles. The van der Waals surface area contributed by atoms with E-state index in [2.05, 4.69) is 10.2 Å². The molecule has 1 heterocycles. The maximum absolute atomic E-state index is 8.22. The smallest absolute Gasteiger partial charge is 0.163 e. The topological polar surface area (TPSA) is 76.3 Å². The third kappa shape index (κ3) is 0.868. The maximum Gasteiger partial charge on any atom is 0.163 e. The highest BCUT2D eigenvalue weighted by molar-refractivity contribution is 5.28. The van der Waals surface area contributed by atoms with Crippen LogP contribution >= 0.6 is 0 Å². The van der Waals surface area contributed by atoms with Crippen LogP contribution in [0.1, 0.15) is 11.4 Å². The minimum atomic E-state index is 0.242. The summed E-state index contributed by atoms with van der Waals surface area (Å²) in [6, 6.07) is 4.99. The average Bonchev–Trinajstić information content (AvgIpc) is 2.34. The van der Waals surface area contributed by atoms with Gasteiger partial charge in [-0.3, -0.25) is 5.10 Å². The average molecular weight is 118 g/mol. The standard InChI is InChI=1S/C5H2N4/c6-2-4-1-5(3-7)9-8-4/h1H,(H,8,9). The van der Waals surface area contributed by atoms with Crippen molar-refractivity contribution in [1.29, 1.82) is 10.5 Å². The van der Waals surface area contributed by atoms with Gasteiger partial charge in [0.2, 0.25) is 0 Å². The van der Waals surface area contributed by atoms with E-state index >= 15 is 0 Å². The van der Waals surface area contributed by atoms with E-state index in [0.29, 0.717) is 5.69 Å². The molecule has 1 aromatic rings. The van der Waals surface area contributed by atoms with E-state index in [1.54, 1.807) is 6.07 Å². The Kier molecular flexibility index (Phi) is 1.17. The van der Waals surface area contributed by atoms with Crippen LogP contribution in [-0.2, 0) is 0 Å². The Hall–Kier alpha value is -1.81. The molecule has 4 nitrogen and oxygen atoms in total. The summed E-state index contributed by atoms with van der Waals surface area (Å²) < 4.78 is 0. The first-order valence-corrected chi connectivity index (χ1v) is 2.22. The van der Waals surface area contributed by atoms with Crippen LogP contribution in [0.3, 0.4) is 0 Å². The second-order valence-electron chi connectivity index (χ2n) is 1.39. The summed E-state index contributed by atoms with van der Waals surface area (Å²) in [4.78, 5) is 0. The third-order valence-electron chi connectivity index (χ3n) is 0.813. The molecular weight excluding hydrogens is 116 g/mol. The van der Waals surface area contributed by atoms with Crippen LogP contribution in [0, 0.1) is 22.7 Å². The minimum Gasteiger partial charge on any atom is -0.267 e. The Morgan fingerprint density at radius 1 is 1.44 bits per heavy atom. The molecule has 0 spiro atoms. The molecule has 0 bridgehead atoms. The van der Waals surface area contributed by atoms with E-state index < -0.39 is 0 Å². The molecule has 1 rings (SSSR count). The first-order chi connectivity index (χ1) is 4.36. The molecule has 0 fully saturated rings. The normalized spacial score (nSPS) is 7.78. The van der Waals surface area contributed by atoms with Gasteiger partial charge in [-0.1, -0.05) is 0 Å². The van der Waals surface area contributed by atoms with Gasteiger partial charge in [0.1, 0.15) is 17.8 Å². The first kappa shape index (κ1) is 5.33. The lowest BCUT2D eigenvalue weighted by Gasteiger charge is -1.64. The number of nitrogens with one attached hydrogen (secondary N) is 1. The monoisotopic (exact) mass is 118 g/mol. The van der Waals surface area contributed by atoms with Crippen molar-refractivity contribution in [1.82, 2.24) is 10.2 Å². The van der Waals surface area contributed by atoms with Gasteiger partial charge in [0, 0.05) is 6.07 Å². The molecule has 0 saturated heterocycles. The lowest BCUT2D eigenvalue weighted by molar-refractivity contribution is 1.06. The maximum atomic E-state index is 8.22. The van der Waals surface area contributed by atoms with Gasteiger partial charge in [0.05, 0.1) is 0 Å². The van der Waals surface area contributed by atoms with E-state index in [1.165, 1.54) is 6.07 Å².